The van der Waals surface area contributed by atoms with Crippen LogP contribution < -0.4 is 5.32 Å². The van der Waals surface area contributed by atoms with Crippen molar-refractivity contribution >= 4 is 0 Å². The number of ether oxygens (including phenoxy) is 1. The second kappa shape index (κ2) is 7.10. The Morgan fingerprint density at radius 3 is 2.69 bits per heavy atom. The lowest BCUT2D eigenvalue weighted by Crippen LogP contribution is -2.30. The molecule has 0 aromatic heterocycles. The van der Waals surface area contributed by atoms with Gasteiger partial charge in [0.25, 0.3) is 0 Å². The Morgan fingerprint density at radius 2 is 2.15 bits per heavy atom. The van der Waals surface area contributed by atoms with Crippen LogP contribution in [0.5, 0.6) is 0 Å². The van der Waals surface area contributed by atoms with E-state index in [1.807, 2.05) is 6.08 Å². The summed E-state index contributed by atoms with van der Waals surface area (Å²) in [6.45, 7) is 11.1. The highest BCUT2D eigenvalue weighted by molar-refractivity contribution is 4.73. The zero-order valence-corrected chi connectivity index (χ0v) is 9.23. The largest absolute Gasteiger partial charge is 0.385 e. The van der Waals surface area contributed by atoms with Crippen LogP contribution in [0.4, 0.5) is 0 Å². The number of hydrogen-bond acceptors (Lipinski definition) is 2. The Hall–Kier alpha value is -0.340. The summed E-state index contributed by atoms with van der Waals surface area (Å²) in [6.07, 6.45) is 4.08. The van der Waals surface area contributed by atoms with E-state index in [0.29, 0.717) is 5.41 Å². The van der Waals surface area contributed by atoms with Gasteiger partial charge in [0.2, 0.25) is 0 Å². The molecule has 2 heteroatoms. The fourth-order valence-corrected chi connectivity index (χ4v) is 1.10. The van der Waals surface area contributed by atoms with E-state index in [9.17, 15) is 0 Å². The maximum absolute atomic E-state index is 5.06. The molecule has 0 fully saturated rings. The molecule has 0 bridgehead atoms. The minimum Gasteiger partial charge on any atom is -0.385 e. The molecule has 0 atom stereocenters. The summed E-state index contributed by atoms with van der Waals surface area (Å²) >= 11 is 0. The molecular formula is C11H23NO. The van der Waals surface area contributed by atoms with Crippen molar-refractivity contribution in [2.75, 3.05) is 26.8 Å². The van der Waals surface area contributed by atoms with Crippen molar-refractivity contribution < 1.29 is 4.74 Å². The van der Waals surface area contributed by atoms with E-state index in [4.69, 9.17) is 4.74 Å². The highest BCUT2D eigenvalue weighted by atomic mass is 16.5. The normalized spacial score (nSPS) is 11.6. The zero-order valence-electron chi connectivity index (χ0n) is 9.23. The summed E-state index contributed by atoms with van der Waals surface area (Å²) in [5.41, 5.74) is 0.331. The number of rotatable bonds is 8. The van der Waals surface area contributed by atoms with E-state index < -0.39 is 0 Å². The average molecular weight is 185 g/mol. The van der Waals surface area contributed by atoms with Gasteiger partial charge in [0.15, 0.2) is 0 Å². The Labute approximate surface area is 82.4 Å². The maximum atomic E-state index is 5.06. The molecule has 0 spiro atoms. The Kier molecular flexibility index (Phi) is 6.92. The lowest BCUT2D eigenvalue weighted by atomic mass is 9.90. The van der Waals surface area contributed by atoms with Gasteiger partial charge in [0.05, 0.1) is 0 Å². The van der Waals surface area contributed by atoms with Crippen LogP contribution in [0.15, 0.2) is 12.7 Å². The lowest BCUT2D eigenvalue weighted by molar-refractivity contribution is 0.151. The minimum atomic E-state index is 0.331. The molecule has 0 radical (unpaired) electrons. The Morgan fingerprint density at radius 1 is 1.46 bits per heavy atom. The van der Waals surface area contributed by atoms with Crippen LogP contribution in [0.2, 0.25) is 0 Å². The maximum Gasteiger partial charge on any atom is 0.0467 e. The highest BCUT2D eigenvalue weighted by Gasteiger charge is 2.16. The van der Waals surface area contributed by atoms with Crippen molar-refractivity contribution in [1.82, 2.24) is 5.32 Å². The summed E-state index contributed by atoms with van der Waals surface area (Å²) in [5.74, 6) is 0. The summed E-state index contributed by atoms with van der Waals surface area (Å²) in [6, 6.07) is 0. The second-order valence-electron chi connectivity index (χ2n) is 4.16. The third kappa shape index (κ3) is 8.00. The van der Waals surface area contributed by atoms with Crippen LogP contribution in [0, 0.1) is 5.41 Å². The van der Waals surface area contributed by atoms with E-state index >= 15 is 0 Å². The molecule has 0 aliphatic carbocycles. The van der Waals surface area contributed by atoms with Gasteiger partial charge in [-0.05, 0) is 24.8 Å². The van der Waals surface area contributed by atoms with E-state index in [2.05, 4.69) is 25.7 Å². The molecule has 0 unspecified atom stereocenters. The van der Waals surface area contributed by atoms with Gasteiger partial charge in [-0.25, -0.2) is 0 Å². The molecule has 13 heavy (non-hydrogen) atoms. The Bertz CT molecular complexity index is 132. The van der Waals surface area contributed by atoms with Crippen LogP contribution >= 0.6 is 0 Å². The van der Waals surface area contributed by atoms with Crippen LogP contribution in [0.3, 0.4) is 0 Å². The first-order valence-electron chi connectivity index (χ1n) is 4.93. The topological polar surface area (TPSA) is 21.3 Å². The van der Waals surface area contributed by atoms with Crippen molar-refractivity contribution in [2.24, 2.45) is 5.41 Å². The quantitative estimate of drug-likeness (QED) is 0.462. The first kappa shape index (κ1) is 12.7. The second-order valence-corrected chi connectivity index (χ2v) is 4.16. The Balaban J connectivity index is 3.44. The monoisotopic (exact) mass is 185 g/mol. The predicted molar refractivity (Wildman–Crippen MR) is 58.0 cm³/mol. The predicted octanol–water partition coefficient (Wildman–Crippen LogP) is 2.21. The average Bonchev–Trinajstić information content (AvgIpc) is 2.09. The fourth-order valence-electron chi connectivity index (χ4n) is 1.10. The molecule has 0 saturated heterocycles. The van der Waals surface area contributed by atoms with Crippen molar-refractivity contribution in [1.29, 1.82) is 0 Å². The number of methoxy groups -OCH3 is 1. The first-order chi connectivity index (χ1) is 6.12. The fraction of sp³-hybridized carbons (Fsp3) is 0.818. The first-order valence-corrected chi connectivity index (χ1v) is 4.93. The zero-order chi connectivity index (χ0) is 10.2. The van der Waals surface area contributed by atoms with Gasteiger partial charge in [-0.1, -0.05) is 19.9 Å². The third-order valence-electron chi connectivity index (χ3n) is 2.11. The van der Waals surface area contributed by atoms with Crippen LogP contribution in [-0.2, 0) is 4.74 Å². The number of hydrogen-bond donors (Lipinski definition) is 1. The summed E-state index contributed by atoms with van der Waals surface area (Å²) in [4.78, 5) is 0. The van der Waals surface area contributed by atoms with Crippen molar-refractivity contribution in [3.8, 4) is 0 Å². The van der Waals surface area contributed by atoms with Gasteiger partial charge < -0.3 is 10.1 Å². The standard InChI is InChI=1S/C11H23NO/c1-5-6-8-12-10-11(2,3)7-9-13-4/h5,12H,1,6-10H2,2-4H3. The van der Waals surface area contributed by atoms with E-state index in [1.165, 1.54) is 0 Å². The van der Waals surface area contributed by atoms with Crippen LogP contribution in [0.25, 0.3) is 0 Å². The molecule has 0 amide bonds. The molecule has 0 saturated carbocycles. The van der Waals surface area contributed by atoms with Gasteiger partial charge in [0, 0.05) is 20.3 Å². The molecule has 0 aromatic rings. The van der Waals surface area contributed by atoms with E-state index in [0.717, 1.165) is 32.5 Å². The molecule has 0 aromatic carbocycles. The third-order valence-corrected chi connectivity index (χ3v) is 2.11. The molecular weight excluding hydrogens is 162 g/mol. The van der Waals surface area contributed by atoms with Gasteiger partial charge in [0.1, 0.15) is 0 Å². The van der Waals surface area contributed by atoms with Crippen molar-refractivity contribution in [2.45, 2.75) is 26.7 Å². The minimum absolute atomic E-state index is 0.331. The molecule has 0 rings (SSSR count). The summed E-state index contributed by atoms with van der Waals surface area (Å²) in [7, 11) is 1.75. The van der Waals surface area contributed by atoms with Crippen LogP contribution in [0.1, 0.15) is 26.7 Å². The molecule has 0 aliphatic rings. The molecule has 0 heterocycles. The smallest absolute Gasteiger partial charge is 0.0467 e. The molecule has 1 N–H and O–H groups in total. The summed E-state index contributed by atoms with van der Waals surface area (Å²) in [5, 5.41) is 3.41. The van der Waals surface area contributed by atoms with E-state index in [-0.39, 0.29) is 0 Å². The van der Waals surface area contributed by atoms with Crippen molar-refractivity contribution in [3.05, 3.63) is 12.7 Å². The molecule has 78 valence electrons. The number of nitrogens with one attached hydrogen (secondary N) is 1. The van der Waals surface area contributed by atoms with Gasteiger partial charge in [-0.15, -0.1) is 6.58 Å². The van der Waals surface area contributed by atoms with E-state index in [1.54, 1.807) is 7.11 Å². The van der Waals surface area contributed by atoms with Gasteiger partial charge in [-0.2, -0.15) is 0 Å². The molecule has 2 nitrogen and oxygen atoms in total. The lowest BCUT2D eigenvalue weighted by Gasteiger charge is -2.24. The summed E-state index contributed by atoms with van der Waals surface area (Å²) < 4.78 is 5.06. The van der Waals surface area contributed by atoms with Crippen LogP contribution in [-0.4, -0.2) is 26.8 Å². The van der Waals surface area contributed by atoms with Crippen molar-refractivity contribution in [3.63, 3.8) is 0 Å². The van der Waals surface area contributed by atoms with Gasteiger partial charge in [-0.3, -0.25) is 0 Å². The SMILES string of the molecule is C=CCCNCC(C)(C)CCOC. The molecule has 0 aliphatic heterocycles. The van der Waals surface area contributed by atoms with Gasteiger partial charge >= 0.3 is 0 Å². The highest BCUT2D eigenvalue weighted by Crippen LogP contribution is 2.18.